The first-order valence-corrected chi connectivity index (χ1v) is 16.2. The van der Waals surface area contributed by atoms with Crippen LogP contribution in [0.25, 0.3) is 75.1 Å². The molecule has 230 valence electrons. The molecule has 10 rings (SSSR count). The summed E-state index contributed by atoms with van der Waals surface area (Å²) in [7, 11) is 0. The highest BCUT2D eigenvalue weighted by Gasteiger charge is 2.22. The van der Waals surface area contributed by atoms with E-state index >= 15 is 0 Å². The third kappa shape index (κ3) is 4.55. The number of thiophene rings is 1. The third-order valence-electron chi connectivity index (χ3n) is 8.53. The van der Waals surface area contributed by atoms with Crippen LogP contribution in [0, 0.1) is 0 Å². The molecule has 10 aromatic rings. The van der Waals surface area contributed by atoms with Gasteiger partial charge in [0.1, 0.15) is 11.2 Å². The van der Waals surface area contributed by atoms with Crippen molar-refractivity contribution in [1.29, 1.82) is 0 Å². The van der Waals surface area contributed by atoms with Gasteiger partial charge in [0, 0.05) is 42.2 Å². The molecule has 0 radical (unpaired) electrons. The third-order valence-corrected chi connectivity index (χ3v) is 9.55. The second-order valence-corrected chi connectivity index (χ2v) is 12.3. The van der Waals surface area contributed by atoms with Crippen LogP contribution in [0.5, 0.6) is 0 Å². The maximum absolute atomic E-state index is 9.75. The van der Waals surface area contributed by atoms with Gasteiger partial charge in [-0.15, -0.1) is 11.3 Å². The average molecular weight is 659 g/mol. The van der Waals surface area contributed by atoms with Gasteiger partial charge >= 0.3 is 0 Å². The van der Waals surface area contributed by atoms with Crippen LogP contribution in [0.15, 0.2) is 180 Å². The second kappa shape index (κ2) is 11.2. The van der Waals surface area contributed by atoms with Crippen molar-refractivity contribution < 1.29 is 25.0 Å². The Morgan fingerprint density at radius 1 is 0.510 bits per heavy atom. The number of rotatable bonds is 5. The fourth-order valence-corrected chi connectivity index (χ4v) is 7.25. The standard InChI is InChI=1S/C46H29NOS/c1-2-11-31(12-3-1)35-14-6-8-17-40(35)47(41-18-10-19-42-45(41)38-27-23-32-13-4-5-15-36(32)46(38)48-42)34-25-21-30(22-26-34)33-24-28-44-39(29-33)37-16-7-9-20-43(37)49-44/h1-29H/i6D,7D,8D,9D,14D,16D,17D,20D,21D,22D,24D,25D,26D,28D,29D. The smallest absolute Gasteiger partial charge is 0.143 e. The summed E-state index contributed by atoms with van der Waals surface area (Å²) in [6, 6.07) is 16.2. The summed E-state index contributed by atoms with van der Waals surface area (Å²) >= 11 is 0.825. The zero-order valence-corrected chi connectivity index (χ0v) is 26.2. The van der Waals surface area contributed by atoms with Gasteiger partial charge in [-0.3, -0.25) is 0 Å². The van der Waals surface area contributed by atoms with E-state index in [-0.39, 0.29) is 43.2 Å². The molecule has 0 fully saturated rings. The highest BCUT2D eigenvalue weighted by atomic mass is 32.1. The maximum atomic E-state index is 9.75. The van der Waals surface area contributed by atoms with Crippen LogP contribution < -0.4 is 4.90 Å². The van der Waals surface area contributed by atoms with Crippen LogP contribution in [0.4, 0.5) is 17.1 Å². The van der Waals surface area contributed by atoms with E-state index in [1.165, 1.54) is 4.90 Å². The van der Waals surface area contributed by atoms with Crippen LogP contribution in [-0.4, -0.2) is 0 Å². The van der Waals surface area contributed by atoms with Crippen molar-refractivity contribution in [1.82, 2.24) is 0 Å². The number of hydrogen-bond donors (Lipinski definition) is 0. The molecular weight excluding hydrogens is 615 g/mol. The minimum absolute atomic E-state index is 0.00266. The van der Waals surface area contributed by atoms with Crippen LogP contribution in [-0.2, 0) is 0 Å². The molecule has 0 atom stereocenters. The molecule has 0 aliphatic rings. The van der Waals surface area contributed by atoms with Crippen LogP contribution in [0.1, 0.15) is 20.6 Å². The Morgan fingerprint density at radius 2 is 1.29 bits per heavy atom. The lowest BCUT2D eigenvalue weighted by molar-refractivity contribution is 0.672. The van der Waals surface area contributed by atoms with Gasteiger partial charge in [0.2, 0.25) is 0 Å². The molecule has 0 bridgehead atoms. The Morgan fingerprint density at radius 3 is 2.20 bits per heavy atom. The topological polar surface area (TPSA) is 16.4 Å². The Hall–Kier alpha value is -6.16. The van der Waals surface area contributed by atoms with Crippen LogP contribution in [0.2, 0.25) is 0 Å². The first kappa shape index (κ1) is 16.8. The Bertz CT molecular complexity index is 3670. The predicted molar refractivity (Wildman–Crippen MR) is 210 cm³/mol. The number of anilines is 3. The summed E-state index contributed by atoms with van der Waals surface area (Å²) in [5.74, 6) is 0. The first-order chi connectivity index (χ1) is 30.6. The summed E-state index contributed by atoms with van der Waals surface area (Å²) in [5.41, 5.74) is -0.159. The largest absolute Gasteiger partial charge is 0.455 e. The van der Waals surface area contributed by atoms with Gasteiger partial charge in [-0.05, 0) is 76.5 Å². The van der Waals surface area contributed by atoms with Crippen molar-refractivity contribution in [2.75, 3.05) is 4.90 Å². The fourth-order valence-electron chi connectivity index (χ4n) is 6.33. The van der Waals surface area contributed by atoms with E-state index in [1.807, 2.05) is 36.4 Å². The van der Waals surface area contributed by atoms with E-state index in [0.29, 0.717) is 27.5 Å². The Balaban J connectivity index is 1.35. The van der Waals surface area contributed by atoms with Gasteiger partial charge in [-0.2, -0.15) is 0 Å². The zero-order valence-electron chi connectivity index (χ0n) is 40.3. The molecule has 2 aromatic heterocycles. The van der Waals surface area contributed by atoms with Crippen LogP contribution in [0.3, 0.4) is 0 Å². The molecule has 0 N–H and O–H groups in total. The van der Waals surface area contributed by atoms with E-state index in [1.54, 1.807) is 48.5 Å². The van der Waals surface area contributed by atoms with Crippen molar-refractivity contribution in [3.63, 3.8) is 0 Å². The molecule has 49 heavy (non-hydrogen) atoms. The molecule has 0 unspecified atom stereocenters. The van der Waals surface area contributed by atoms with E-state index in [2.05, 4.69) is 0 Å². The second-order valence-electron chi connectivity index (χ2n) is 11.3. The lowest BCUT2D eigenvalue weighted by Gasteiger charge is -2.28. The number of para-hydroxylation sites is 1. The highest BCUT2D eigenvalue weighted by Crippen LogP contribution is 2.47. The maximum Gasteiger partial charge on any atom is 0.143 e. The predicted octanol–water partition coefficient (Wildman–Crippen LogP) is 13.9. The van der Waals surface area contributed by atoms with Crippen molar-refractivity contribution in [2.45, 2.75) is 0 Å². The lowest BCUT2D eigenvalue weighted by atomic mass is 9.99. The van der Waals surface area contributed by atoms with Gasteiger partial charge in [0.05, 0.1) is 37.3 Å². The van der Waals surface area contributed by atoms with Gasteiger partial charge in [0.25, 0.3) is 0 Å². The van der Waals surface area contributed by atoms with Crippen molar-refractivity contribution >= 4 is 81.3 Å². The summed E-state index contributed by atoms with van der Waals surface area (Å²) in [4.78, 5) is 1.29. The SMILES string of the molecule is [2H]c1c([2H])c([2H])c(N(c2c([2H])c([2H])c(-c3c([2H])c([2H])c4sc5c([2H])c([2H])c([2H])c([2H])c5c4c3[2H])c([2H])c2[2H])c2cccc3oc4c5ccccc5ccc4c23)c(-c2ccccc2)c1[2H]. The molecule has 8 aromatic carbocycles. The van der Waals surface area contributed by atoms with Crippen molar-refractivity contribution in [3.8, 4) is 22.3 Å². The summed E-state index contributed by atoms with van der Waals surface area (Å²) in [6.45, 7) is 0. The number of nitrogens with zero attached hydrogens (tertiary/aromatic N) is 1. The van der Waals surface area contributed by atoms with Gasteiger partial charge in [0.15, 0.2) is 0 Å². The Labute approximate surface area is 308 Å². The molecule has 0 spiro atoms. The molecule has 0 saturated heterocycles. The minimum atomic E-state index is -0.736. The van der Waals surface area contributed by atoms with Crippen molar-refractivity contribution in [3.05, 3.63) is 176 Å². The number of benzene rings is 8. The molecule has 0 amide bonds. The number of furan rings is 1. The first-order valence-electron chi connectivity index (χ1n) is 22.9. The van der Waals surface area contributed by atoms with E-state index < -0.39 is 101 Å². The molecule has 2 heterocycles. The van der Waals surface area contributed by atoms with E-state index in [4.69, 9.17) is 15.4 Å². The molecular formula is C46H29NOS. The Kier molecular flexibility index (Phi) is 3.85. The summed E-state index contributed by atoms with van der Waals surface area (Å²) < 4.78 is 143. The molecule has 0 saturated carbocycles. The van der Waals surface area contributed by atoms with Gasteiger partial charge < -0.3 is 9.32 Å². The van der Waals surface area contributed by atoms with Crippen molar-refractivity contribution in [2.24, 2.45) is 0 Å². The monoisotopic (exact) mass is 658 g/mol. The highest BCUT2D eigenvalue weighted by molar-refractivity contribution is 7.25. The quantitative estimate of drug-likeness (QED) is 0.183. The molecule has 0 aliphatic carbocycles. The van der Waals surface area contributed by atoms with Gasteiger partial charge in [-0.25, -0.2) is 0 Å². The fraction of sp³-hybridized carbons (Fsp3) is 0. The van der Waals surface area contributed by atoms with Crippen LogP contribution >= 0.6 is 11.3 Å². The molecule has 0 aliphatic heterocycles. The average Bonchev–Trinajstić information content (AvgIpc) is 3.90. The lowest BCUT2D eigenvalue weighted by Crippen LogP contribution is -2.11. The van der Waals surface area contributed by atoms with Gasteiger partial charge in [-0.1, -0.05) is 121 Å². The minimum Gasteiger partial charge on any atom is -0.455 e. The summed E-state index contributed by atoms with van der Waals surface area (Å²) in [5, 5.41) is 2.55. The van der Waals surface area contributed by atoms with E-state index in [0.717, 1.165) is 22.1 Å². The normalized spacial score (nSPS) is 16.0. The summed E-state index contributed by atoms with van der Waals surface area (Å²) in [6.07, 6.45) is 0. The molecule has 3 heteroatoms. The zero-order chi connectivity index (χ0) is 45.4. The number of hydrogen-bond acceptors (Lipinski definition) is 3. The van der Waals surface area contributed by atoms with E-state index in [9.17, 15) is 9.60 Å². The number of fused-ring (bicyclic) bond motifs is 8. The molecule has 2 nitrogen and oxygen atoms in total.